The van der Waals surface area contributed by atoms with Crippen molar-refractivity contribution in [1.29, 1.82) is 0 Å². The second kappa shape index (κ2) is 9.26. The number of carbonyl (C=O) groups is 1. The lowest BCUT2D eigenvalue weighted by Crippen LogP contribution is -2.30. The molecule has 1 aliphatic rings. The summed E-state index contributed by atoms with van der Waals surface area (Å²) < 4.78 is 18.7. The molecule has 1 aliphatic heterocycles. The molecule has 158 valence electrons. The minimum Gasteiger partial charge on any atom is -0.338 e. The van der Waals surface area contributed by atoms with Gasteiger partial charge < -0.3 is 4.52 Å². The van der Waals surface area contributed by atoms with E-state index in [0.717, 1.165) is 12.0 Å². The molecule has 0 radical (unpaired) electrons. The highest BCUT2D eigenvalue weighted by Crippen LogP contribution is 2.30. The summed E-state index contributed by atoms with van der Waals surface area (Å²) in [7, 11) is 0. The van der Waals surface area contributed by atoms with E-state index in [1.807, 2.05) is 30.3 Å². The van der Waals surface area contributed by atoms with Crippen LogP contribution >= 0.6 is 11.8 Å². The lowest BCUT2D eigenvalue weighted by atomic mass is 10.1. The maximum atomic E-state index is 13.4. The van der Waals surface area contributed by atoms with Crippen LogP contribution in [-0.2, 0) is 17.0 Å². The van der Waals surface area contributed by atoms with Crippen molar-refractivity contribution in [3.05, 3.63) is 83.4 Å². The molecule has 31 heavy (non-hydrogen) atoms. The molecule has 0 N–H and O–H groups in total. The van der Waals surface area contributed by atoms with Gasteiger partial charge in [0.2, 0.25) is 5.89 Å². The molecule has 2 heterocycles. The van der Waals surface area contributed by atoms with Crippen LogP contribution < -0.4 is 4.90 Å². The highest BCUT2D eigenvalue weighted by atomic mass is 32.2. The summed E-state index contributed by atoms with van der Waals surface area (Å²) in [5.41, 5.74) is 1.72. The molecule has 6 nitrogen and oxygen atoms in total. The smallest absolute Gasteiger partial charge is 0.283 e. The van der Waals surface area contributed by atoms with Crippen molar-refractivity contribution < 1.29 is 13.7 Å². The number of amides is 1. The van der Waals surface area contributed by atoms with E-state index in [-0.39, 0.29) is 11.7 Å². The van der Waals surface area contributed by atoms with E-state index < -0.39 is 0 Å². The number of hydrogen-bond acceptors (Lipinski definition) is 6. The van der Waals surface area contributed by atoms with Crippen molar-refractivity contribution >= 4 is 34.6 Å². The predicted molar refractivity (Wildman–Crippen MR) is 120 cm³/mol. The van der Waals surface area contributed by atoms with E-state index in [1.165, 1.54) is 28.8 Å². The molecule has 4 rings (SSSR count). The van der Waals surface area contributed by atoms with Crippen molar-refractivity contribution in [3.8, 4) is 0 Å². The number of aliphatic imine (C=N–C) groups is 1. The van der Waals surface area contributed by atoms with Crippen molar-refractivity contribution in [3.63, 3.8) is 0 Å². The van der Waals surface area contributed by atoms with Crippen LogP contribution in [0.1, 0.15) is 31.1 Å². The van der Waals surface area contributed by atoms with Crippen molar-refractivity contribution in [2.45, 2.75) is 26.0 Å². The van der Waals surface area contributed by atoms with Gasteiger partial charge in [0.15, 0.2) is 11.0 Å². The second-order valence-electron chi connectivity index (χ2n) is 7.44. The summed E-state index contributed by atoms with van der Waals surface area (Å²) in [6.07, 6.45) is 2.47. The van der Waals surface area contributed by atoms with E-state index in [1.54, 1.807) is 18.2 Å². The Bertz CT molecular complexity index is 1120. The van der Waals surface area contributed by atoms with Gasteiger partial charge in [-0.1, -0.05) is 61.1 Å². The summed E-state index contributed by atoms with van der Waals surface area (Å²) >= 11 is 1.32. The standard InChI is InChI=1S/C23H21FN4O2S/c1-15(2)12-20-26-21(30-27-20)14-31-23-25-19(13-16-6-4-3-5-7-16)22(29)28(23)18-10-8-17(24)9-11-18/h3-11,13,15H,12,14H2,1-2H3/b19-13-. The molecule has 0 unspecified atom stereocenters. The van der Waals surface area contributed by atoms with Gasteiger partial charge in [-0.15, -0.1) is 0 Å². The fourth-order valence-corrected chi connectivity index (χ4v) is 3.89. The molecule has 0 aliphatic carbocycles. The maximum Gasteiger partial charge on any atom is 0.283 e. The van der Waals surface area contributed by atoms with Crippen molar-refractivity contribution in [2.75, 3.05) is 4.90 Å². The molecule has 0 bridgehead atoms. The number of carbonyl (C=O) groups excluding carboxylic acids is 1. The number of halogens is 1. The Morgan fingerprint density at radius 1 is 1.13 bits per heavy atom. The van der Waals surface area contributed by atoms with Gasteiger partial charge in [0.25, 0.3) is 5.91 Å². The van der Waals surface area contributed by atoms with Crippen LogP contribution in [0.25, 0.3) is 6.08 Å². The zero-order valence-electron chi connectivity index (χ0n) is 17.2. The summed E-state index contributed by atoms with van der Waals surface area (Å²) in [5.74, 6) is 1.28. The Hall–Kier alpha value is -3.26. The van der Waals surface area contributed by atoms with Crippen molar-refractivity contribution in [1.82, 2.24) is 10.1 Å². The topological polar surface area (TPSA) is 71.6 Å². The largest absolute Gasteiger partial charge is 0.338 e. The Morgan fingerprint density at radius 3 is 2.58 bits per heavy atom. The number of hydrogen-bond donors (Lipinski definition) is 0. The normalized spacial score (nSPS) is 15.2. The van der Waals surface area contributed by atoms with Crippen LogP contribution in [-0.4, -0.2) is 21.2 Å². The molecule has 0 spiro atoms. The van der Waals surface area contributed by atoms with Crippen molar-refractivity contribution in [2.24, 2.45) is 10.9 Å². The van der Waals surface area contributed by atoms with Gasteiger partial charge in [-0.25, -0.2) is 9.38 Å². The molecule has 0 saturated heterocycles. The number of benzene rings is 2. The zero-order chi connectivity index (χ0) is 21.8. The monoisotopic (exact) mass is 436 g/mol. The third-order valence-electron chi connectivity index (χ3n) is 4.44. The Balaban J connectivity index is 1.59. The Morgan fingerprint density at radius 2 is 1.87 bits per heavy atom. The van der Waals surface area contributed by atoms with Gasteiger partial charge in [-0.3, -0.25) is 9.69 Å². The minimum absolute atomic E-state index is 0.274. The summed E-state index contributed by atoms with van der Waals surface area (Å²) in [6, 6.07) is 15.3. The predicted octanol–water partition coefficient (Wildman–Crippen LogP) is 5.08. The highest BCUT2D eigenvalue weighted by molar-refractivity contribution is 8.13. The summed E-state index contributed by atoms with van der Waals surface area (Å²) in [5, 5.41) is 4.48. The molecular weight excluding hydrogens is 415 g/mol. The fourth-order valence-electron chi connectivity index (χ4n) is 3.04. The first-order valence-corrected chi connectivity index (χ1v) is 10.9. The number of anilines is 1. The van der Waals surface area contributed by atoms with Gasteiger partial charge in [-0.2, -0.15) is 4.98 Å². The lowest BCUT2D eigenvalue weighted by molar-refractivity contribution is -0.113. The number of rotatable bonds is 6. The average molecular weight is 437 g/mol. The van der Waals surface area contributed by atoms with Gasteiger partial charge in [0.1, 0.15) is 11.5 Å². The molecule has 0 saturated carbocycles. The molecular formula is C23H21FN4O2S. The summed E-state index contributed by atoms with van der Waals surface area (Å²) in [6.45, 7) is 4.18. The first kappa shape index (κ1) is 21.0. The molecule has 0 fully saturated rings. The van der Waals surface area contributed by atoms with Gasteiger partial charge in [-0.05, 0) is 41.8 Å². The van der Waals surface area contributed by atoms with Gasteiger partial charge >= 0.3 is 0 Å². The van der Waals surface area contributed by atoms with E-state index in [0.29, 0.717) is 39.9 Å². The van der Waals surface area contributed by atoms with Crippen LogP contribution in [0.3, 0.4) is 0 Å². The Labute approximate surface area is 183 Å². The molecule has 0 atom stereocenters. The number of nitrogens with zero attached hydrogens (tertiary/aromatic N) is 4. The van der Waals surface area contributed by atoms with Crippen LogP contribution in [0.4, 0.5) is 10.1 Å². The average Bonchev–Trinajstić information content (AvgIpc) is 3.32. The quantitative estimate of drug-likeness (QED) is 0.504. The molecule has 2 aromatic carbocycles. The van der Waals surface area contributed by atoms with Crippen LogP contribution in [0, 0.1) is 11.7 Å². The van der Waals surface area contributed by atoms with E-state index in [4.69, 9.17) is 4.52 Å². The molecule has 1 amide bonds. The highest BCUT2D eigenvalue weighted by Gasteiger charge is 2.32. The number of amidine groups is 1. The van der Waals surface area contributed by atoms with Crippen LogP contribution in [0.5, 0.6) is 0 Å². The number of aromatic nitrogens is 2. The first-order valence-electron chi connectivity index (χ1n) is 9.89. The SMILES string of the molecule is CC(C)Cc1noc(CSC2=N/C(=C\c3ccccc3)C(=O)N2c2ccc(F)cc2)n1. The summed E-state index contributed by atoms with van der Waals surface area (Å²) in [4.78, 5) is 23.6. The molecule has 1 aromatic heterocycles. The minimum atomic E-state index is -0.370. The van der Waals surface area contributed by atoms with E-state index >= 15 is 0 Å². The van der Waals surface area contributed by atoms with Gasteiger partial charge in [0, 0.05) is 6.42 Å². The first-order chi connectivity index (χ1) is 15.0. The second-order valence-corrected chi connectivity index (χ2v) is 8.39. The maximum absolute atomic E-state index is 13.4. The third-order valence-corrected chi connectivity index (χ3v) is 5.37. The third kappa shape index (κ3) is 5.08. The zero-order valence-corrected chi connectivity index (χ0v) is 18.0. The van der Waals surface area contributed by atoms with Crippen LogP contribution in [0.2, 0.25) is 0 Å². The molecule has 3 aromatic rings. The molecule has 8 heteroatoms. The van der Waals surface area contributed by atoms with Gasteiger partial charge in [0.05, 0.1) is 11.4 Å². The number of thioether (sulfide) groups is 1. The lowest BCUT2D eigenvalue weighted by Gasteiger charge is -2.17. The van der Waals surface area contributed by atoms with E-state index in [9.17, 15) is 9.18 Å². The van der Waals surface area contributed by atoms with E-state index in [2.05, 4.69) is 29.0 Å². The van der Waals surface area contributed by atoms with Crippen LogP contribution in [0.15, 0.2) is 69.8 Å². The fraction of sp³-hybridized carbons (Fsp3) is 0.217. The Kier molecular flexibility index (Phi) is 6.27.